The third kappa shape index (κ3) is 22.4. The number of amides is 3. The maximum Gasteiger partial charge on any atom is 0.415 e. The summed E-state index contributed by atoms with van der Waals surface area (Å²) >= 11 is 8.32. The molecule has 82 heavy (non-hydrogen) atoms. The van der Waals surface area contributed by atoms with Crippen LogP contribution < -0.4 is 25.8 Å². The monoisotopic (exact) mass is 1180 g/mol. The van der Waals surface area contributed by atoms with E-state index < -0.39 is 21.4 Å². The molecule has 5 aromatic carbocycles. The number of carbonyl (C=O) groups is 3. The van der Waals surface area contributed by atoms with Gasteiger partial charge in [-0.15, -0.1) is 0 Å². The van der Waals surface area contributed by atoms with E-state index in [0.717, 1.165) is 24.2 Å². The Morgan fingerprint density at radius 2 is 0.951 bits per heavy atom. The van der Waals surface area contributed by atoms with Gasteiger partial charge in [-0.1, -0.05) is 114 Å². The molecule has 18 nitrogen and oxygen atoms in total. The molecule has 0 bridgehead atoms. The van der Waals surface area contributed by atoms with Crippen LogP contribution in [0, 0.1) is 20.2 Å². The second kappa shape index (κ2) is 37.5. The average Bonchev–Trinajstić information content (AvgIpc) is 4.40. The molecule has 0 aliphatic carbocycles. The van der Waals surface area contributed by atoms with Crippen LogP contribution in [-0.2, 0) is 39.3 Å². The van der Waals surface area contributed by atoms with E-state index in [0.29, 0.717) is 51.1 Å². The number of halogens is 1. The van der Waals surface area contributed by atoms with Crippen LogP contribution in [-0.4, -0.2) is 88.3 Å². The van der Waals surface area contributed by atoms with Crippen molar-refractivity contribution in [2.45, 2.75) is 92.9 Å². The maximum atomic E-state index is 12.4. The van der Waals surface area contributed by atoms with E-state index in [-0.39, 0.29) is 29.2 Å². The van der Waals surface area contributed by atoms with Gasteiger partial charge in [-0.05, 0) is 131 Å². The van der Waals surface area contributed by atoms with E-state index in [1.54, 1.807) is 27.6 Å². The molecule has 0 radical (unpaired) electrons. The number of nitrogens with two attached hydrogens (primary N) is 1. The molecule has 10 rings (SSSR count). The second-order valence-corrected chi connectivity index (χ2v) is 19.7. The highest BCUT2D eigenvalue weighted by molar-refractivity contribution is 7.08. The van der Waals surface area contributed by atoms with Crippen LogP contribution in [0.2, 0.25) is 0 Å². The summed E-state index contributed by atoms with van der Waals surface area (Å²) in [7, 11) is 8.19. The molecule has 0 saturated heterocycles. The lowest BCUT2D eigenvalue weighted by Gasteiger charge is -2.25. The number of thiophene rings is 2. The van der Waals surface area contributed by atoms with Gasteiger partial charge in [0.15, 0.2) is 0 Å². The van der Waals surface area contributed by atoms with Gasteiger partial charge in [-0.2, -0.15) is 22.7 Å². The van der Waals surface area contributed by atoms with E-state index in [9.17, 15) is 34.6 Å². The Kier molecular flexibility index (Phi) is 31.4. The molecular formula is C61H78ClN9O9S2. The van der Waals surface area contributed by atoms with Crippen molar-refractivity contribution in [2.24, 2.45) is 5.73 Å². The quantitative estimate of drug-likeness (QED) is 0.0624. The molecule has 0 spiro atoms. The van der Waals surface area contributed by atoms with Crippen molar-refractivity contribution in [1.82, 2.24) is 30.2 Å². The smallest absolute Gasteiger partial charge is 0.414 e. The number of hydrogen-bond acceptors (Lipinski definition) is 15. The second-order valence-electron chi connectivity index (χ2n) is 17.8. The third-order valence-electron chi connectivity index (χ3n) is 12.2. The normalized spacial score (nSPS) is 12.6. The van der Waals surface area contributed by atoms with Crippen molar-refractivity contribution in [3.63, 3.8) is 0 Å². The van der Waals surface area contributed by atoms with Crippen LogP contribution in [0.15, 0.2) is 155 Å². The number of carbonyl (C=O) groups excluding carboxylic acids is 3. The first-order valence-electron chi connectivity index (χ1n) is 26.9. The Bertz CT molecular complexity index is 2910. The Hall–Kier alpha value is -7.56. The van der Waals surface area contributed by atoms with Gasteiger partial charge in [0.05, 0.1) is 15.9 Å². The van der Waals surface area contributed by atoms with Gasteiger partial charge in [0, 0.05) is 94.3 Å². The number of nitro benzene ring substituents is 2. The molecule has 4 N–H and O–H groups in total. The highest BCUT2D eigenvalue weighted by Crippen LogP contribution is 2.27. The molecule has 440 valence electrons. The number of fused-ring (bicyclic) bond motifs is 3. The minimum absolute atomic E-state index is 0.0123. The molecule has 3 aliphatic rings. The van der Waals surface area contributed by atoms with E-state index in [1.165, 1.54) is 81.9 Å². The zero-order valence-corrected chi connectivity index (χ0v) is 50.8. The van der Waals surface area contributed by atoms with Gasteiger partial charge in [0.25, 0.3) is 11.4 Å². The first-order valence-corrected chi connectivity index (χ1v) is 29.2. The lowest BCUT2D eigenvalue weighted by molar-refractivity contribution is -0.385. The van der Waals surface area contributed by atoms with Gasteiger partial charge < -0.3 is 40.5 Å². The summed E-state index contributed by atoms with van der Waals surface area (Å²) in [5.74, 6) is 0.465. The molecule has 2 atom stereocenters. The Morgan fingerprint density at radius 1 is 0.585 bits per heavy atom. The number of urea groups is 1. The number of likely N-dealkylation sites (N-methyl/N-ethyl adjacent to an activating group) is 2. The molecule has 21 heteroatoms. The third-order valence-corrected chi connectivity index (χ3v) is 13.7. The number of benzene rings is 5. The molecule has 5 heterocycles. The highest BCUT2D eigenvalue weighted by atomic mass is 35.5. The fourth-order valence-corrected chi connectivity index (χ4v) is 9.67. The maximum absolute atomic E-state index is 12.4. The lowest BCUT2D eigenvalue weighted by Crippen LogP contribution is -2.40. The summed E-state index contributed by atoms with van der Waals surface area (Å²) in [6.07, 6.45) is -0.458. The van der Waals surface area contributed by atoms with Gasteiger partial charge in [0.2, 0.25) is 0 Å². The predicted octanol–water partition coefficient (Wildman–Crippen LogP) is 14.2. The number of non-ortho nitro benzene ring substituents is 2. The summed E-state index contributed by atoms with van der Waals surface area (Å²) < 4.78 is 9.68. The Balaban J connectivity index is 0.000000272. The molecule has 2 aromatic heterocycles. The van der Waals surface area contributed by atoms with E-state index in [4.69, 9.17) is 22.1 Å². The largest absolute Gasteiger partial charge is 0.415 e. The van der Waals surface area contributed by atoms with Crippen LogP contribution in [0.5, 0.6) is 11.5 Å². The minimum atomic E-state index is -0.978. The van der Waals surface area contributed by atoms with E-state index in [1.807, 2.05) is 96.9 Å². The SMILES string of the molecule is CC.CC.CC.CN(C)C(CN)c1ccsc1.CN(C)C(CNC(=O)N1Cc2ccccc2C1)c1ccsc1.O=C(Cl)Oc1ccc([N+](=O)[O-])cc1.O=C(Oc1ccc([N+](=O)[O-])cc1)N1Cc2ccccc2C1.c1ccc2c(c1)CNC2. The van der Waals surface area contributed by atoms with Crippen molar-refractivity contribution in [3.8, 4) is 11.5 Å². The number of nitrogens with one attached hydrogen (secondary N) is 2. The summed E-state index contributed by atoms with van der Waals surface area (Å²) in [6.45, 7) is 17.8. The fraction of sp³-hybridized carbons (Fsp3) is 0.328. The average molecular weight is 1180 g/mol. The first kappa shape index (κ1) is 68.7. The van der Waals surface area contributed by atoms with Crippen LogP contribution in [0.4, 0.5) is 25.8 Å². The van der Waals surface area contributed by atoms with Crippen molar-refractivity contribution in [2.75, 3.05) is 41.3 Å². The van der Waals surface area contributed by atoms with Crippen LogP contribution >= 0.6 is 34.3 Å². The number of ether oxygens (including phenoxy) is 2. The van der Waals surface area contributed by atoms with Crippen molar-refractivity contribution >= 4 is 63.2 Å². The summed E-state index contributed by atoms with van der Waals surface area (Å²) in [6, 6.07) is 39.9. The van der Waals surface area contributed by atoms with Crippen LogP contribution in [0.25, 0.3) is 0 Å². The van der Waals surface area contributed by atoms with E-state index >= 15 is 0 Å². The molecular weight excluding hydrogens is 1100 g/mol. The molecule has 3 amide bonds. The van der Waals surface area contributed by atoms with Gasteiger partial charge in [-0.25, -0.2) is 14.4 Å². The fourth-order valence-electron chi connectivity index (χ4n) is 8.17. The standard InChI is InChI=1S/C17H21N3OS.C15H12N2O4.C8H14N2S.C8H9N.C7H4ClNO4.3C2H6/c1-19(2)16(15-7-8-22-12-15)9-18-17(21)20-10-13-5-3-4-6-14(13)11-20;18-15(16-9-11-3-1-2-4-12(11)10-16)21-14-7-5-13(6-8-14)17(19)20;1-10(2)8(5-9)7-3-4-11-6-7;1-2-4-8-6-9-5-7(8)3-1;8-7(10)13-6-3-1-5(2-4-6)9(11)12;3*1-2/h3-8,12,16H,9-11H2,1-2H3,(H,18,21);1-8H,9-10H2;3-4,6,8H,5,9H2,1-2H3;1-4,9H,5-6H2;1-4H;3*1-2H3. The molecule has 0 fully saturated rings. The Labute approximate surface area is 495 Å². The molecule has 0 saturated carbocycles. The number of hydrogen-bond donors (Lipinski definition) is 3. The van der Waals surface area contributed by atoms with Crippen molar-refractivity contribution < 1.29 is 33.7 Å². The number of rotatable bonds is 11. The van der Waals surface area contributed by atoms with Crippen LogP contribution in [0.1, 0.15) is 98.1 Å². The summed E-state index contributed by atoms with van der Waals surface area (Å²) in [5, 5.41) is 35.6. The lowest BCUT2D eigenvalue weighted by atomic mass is 10.1. The van der Waals surface area contributed by atoms with E-state index in [2.05, 4.69) is 109 Å². The van der Waals surface area contributed by atoms with Crippen molar-refractivity contribution in [1.29, 1.82) is 0 Å². The number of nitro groups is 2. The molecule has 2 unspecified atom stereocenters. The van der Waals surface area contributed by atoms with Crippen LogP contribution in [0.3, 0.4) is 0 Å². The van der Waals surface area contributed by atoms with Crippen molar-refractivity contribution in [3.05, 3.63) is 220 Å². The molecule has 7 aromatic rings. The topological polar surface area (TPSA) is 219 Å². The highest BCUT2D eigenvalue weighted by Gasteiger charge is 2.26. The minimum Gasteiger partial charge on any atom is -0.414 e. The predicted molar refractivity (Wildman–Crippen MR) is 330 cm³/mol. The first-order chi connectivity index (χ1) is 39.6. The van der Waals surface area contributed by atoms with Gasteiger partial charge in [0.1, 0.15) is 11.5 Å². The number of nitrogens with zero attached hydrogens (tertiary/aromatic N) is 6. The summed E-state index contributed by atoms with van der Waals surface area (Å²) in [5.41, 5.74) is 14.7. The van der Waals surface area contributed by atoms with Gasteiger partial charge in [-0.3, -0.25) is 25.1 Å². The Morgan fingerprint density at radius 3 is 1.29 bits per heavy atom. The zero-order chi connectivity index (χ0) is 60.6. The summed E-state index contributed by atoms with van der Waals surface area (Å²) in [4.78, 5) is 62.2. The molecule has 3 aliphatic heterocycles. The zero-order valence-electron chi connectivity index (χ0n) is 48.5. The van der Waals surface area contributed by atoms with Gasteiger partial charge >= 0.3 is 17.6 Å².